The van der Waals surface area contributed by atoms with Crippen molar-refractivity contribution < 1.29 is 105 Å². The SMILES string of the molecule is CCOC(NS(=O)(=O)F)(C(F)(F)F)C(F)(F)C(F)(F)C(F)(F)C(F)(F)C(F)(F)C(F)(F)C(F)(F)C(F)(F)F. The zero-order chi connectivity index (χ0) is 31.6. The first-order valence-electron chi connectivity index (χ1n) is 8.17. The van der Waals surface area contributed by atoms with Crippen LogP contribution in [0.5, 0.6) is 0 Å². The van der Waals surface area contributed by atoms with Gasteiger partial charge in [-0.05, 0) is 6.92 Å². The molecule has 1 atom stereocenters. The second kappa shape index (κ2) is 9.22. The lowest BCUT2D eigenvalue weighted by molar-refractivity contribution is -0.477. The minimum Gasteiger partial charge on any atom is -0.347 e. The monoisotopic (exact) mass is 643 g/mol. The minimum absolute atomic E-state index is 0.00190. The van der Waals surface area contributed by atoms with Crippen molar-refractivity contribution in [3.05, 3.63) is 0 Å². The quantitative estimate of drug-likeness (QED) is 0.169. The van der Waals surface area contributed by atoms with Crippen LogP contribution in [0.4, 0.5) is 91.7 Å². The number of alkyl halides is 20. The van der Waals surface area contributed by atoms with Gasteiger partial charge in [0.05, 0.1) is 0 Å². The van der Waals surface area contributed by atoms with Crippen LogP contribution in [0.1, 0.15) is 6.92 Å². The lowest BCUT2D eigenvalue weighted by Gasteiger charge is -2.47. The van der Waals surface area contributed by atoms with Crippen molar-refractivity contribution in [2.24, 2.45) is 0 Å². The summed E-state index contributed by atoms with van der Waals surface area (Å²) in [7, 11) is -7.53. The number of ether oxygens (including phenoxy) is 1. The molecule has 230 valence electrons. The summed E-state index contributed by atoms with van der Waals surface area (Å²) in [6.07, 6.45) is -15.7. The first kappa shape index (κ1) is 36.4. The second-order valence-electron chi connectivity index (χ2n) is 6.67. The molecule has 38 heavy (non-hydrogen) atoms. The van der Waals surface area contributed by atoms with Crippen LogP contribution in [0.3, 0.4) is 0 Å². The summed E-state index contributed by atoms with van der Waals surface area (Å²) < 4.78 is 300. The Morgan fingerprint density at radius 2 is 0.763 bits per heavy atom. The van der Waals surface area contributed by atoms with Crippen molar-refractivity contribution in [1.29, 1.82) is 0 Å². The Labute approximate surface area is 194 Å². The van der Waals surface area contributed by atoms with E-state index in [1.165, 1.54) is 0 Å². The molecule has 1 N–H and O–H groups in total. The topological polar surface area (TPSA) is 55.4 Å². The molecule has 0 saturated heterocycles. The lowest BCUT2D eigenvalue weighted by Crippen LogP contribution is -2.80. The highest BCUT2D eigenvalue weighted by Crippen LogP contribution is 2.65. The maximum atomic E-state index is 14.2. The molecule has 0 spiro atoms. The number of nitrogens with one attached hydrogen (secondary N) is 1. The first-order chi connectivity index (χ1) is 16.0. The Balaban J connectivity index is 7.54. The van der Waals surface area contributed by atoms with Crippen molar-refractivity contribution >= 4 is 10.4 Å². The van der Waals surface area contributed by atoms with Gasteiger partial charge in [0.15, 0.2) is 0 Å². The minimum atomic E-state index is -9.26. The van der Waals surface area contributed by atoms with Crippen LogP contribution in [0.25, 0.3) is 0 Å². The van der Waals surface area contributed by atoms with Crippen LogP contribution in [-0.2, 0) is 15.1 Å². The third-order valence-electron chi connectivity index (χ3n) is 4.19. The smallest absolute Gasteiger partial charge is 0.347 e. The first-order valence-corrected chi connectivity index (χ1v) is 9.55. The summed E-state index contributed by atoms with van der Waals surface area (Å²) in [6, 6.07) is 0. The molecule has 0 amide bonds. The zero-order valence-electron chi connectivity index (χ0n) is 16.8. The van der Waals surface area contributed by atoms with Gasteiger partial charge in [0.2, 0.25) is 0 Å². The van der Waals surface area contributed by atoms with Gasteiger partial charge in [-0.3, -0.25) is 0 Å². The van der Waals surface area contributed by atoms with Crippen molar-refractivity contribution in [2.45, 2.75) is 66.5 Å². The summed E-state index contributed by atoms with van der Waals surface area (Å²) in [5.41, 5.74) is -7.17. The van der Waals surface area contributed by atoms with Crippen LogP contribution in [0, 0.1) is 0 Å². The number of hydrogen-bond acceptors (Lipinski definition) is 3. The van der Waals surface area contributed by atoms with Crippen molar-refractivity contribution in [1.82, 2.24) is 4.72 Å². The molecular weight excluding hydrogens is 637 g/mol. The highest BCUT2D eigenvalue weighted by molar-refractivity contribution is 7.84. The summed E-state index contributed by atoms with van der Waals surface area (Å²) in [5, 5.41) is 0. The maximum Gasteiger partial charge on any atom is 0.460 e. The molecule has 0 aliphatic heterocycles. The molecule has 0 aromatic carbocycles. The standard InChI is InChI=1S/C12H6F21NO3S/c1-2-37-10(12(30,31)32,34-38(33,35)36)8(23,24)6(19,20)4(15,16)3(13,14)5(17,18)7(21,22)9(25,26)11(27,28)29/h34H,2H2,1H3. The average molecular weight is 643 g/mol. The van der Waals surface area contributed by atoms with E-state index >= 15 is 0 Å². The molecule has 0 rings (SSSR count). The van der Waals surface area contributed by atoms with Gasteiger partial charge in [-0.25, -0.2) is 0 Å². The fraction of sp³-hybridized carbons (Fsp3) is 1.00. The van der Waals surface area contributed by atoms with Gasteiger partial charge in [0.1, 0.15) is 0 Å². The summed E-state index contributed by atoms with van der Waals surface area (Å²) in [6.45, 7) is -2.22. The molecule has 0 saturated carbocycles. The molecule has 26 heteroatoms. The van der Waals surface area contributed by atoms with E-state index in [-0.39, 0.29) is 6.92 Å². The average Bonchev–Trinajstić information content (AvgIpc) is 2.63. The van der Waals surface area contributed by atoms with Crippen molar-refractivity contribution in [3.8, 4) is 0 Å². The Morgan fingerprint density at radius 1 is 0.500 bits per heavy atom. The number of hydrogen-bond donors (Lipinski definition) is 1. The van der Waals surface area contributed by atoms with Crippen LogP contribution in [0.15, 0.2) is 0 Å². The van der Waals surface area contributed by atoms with E-state index in [9.17, 15) is 100 Å². The van der Waals surface area contributed by atoms with Crippen LogP contribution in [-0.4, -0.2) is 74.6 Å². The summed E-state index contributed by atoms with van der Waals surface area (Å²) in [4.78, 5) is 0. The Bertz CT molecular complexity index is 967. The Morgan fingerprint density at radius 3 is 0.974 bits per heavy atom. The van der Waals surface area contributed by atoms with E-state index in [2.05, 4.69) is 4.74 Å². The van der Waals surface area contributed by atoms with Gasteiger partial charge >= 0.3 is 69.9 Å². The van der Waals surface area contributed by atoms with E-state index in [1.54, 1.807) is 0 Å². The lowest BCUT2D eigenvalue weighted by atomic mass is 9.86. The molecule has 0 aliphatic rings. The predicted molar refractivity (Wildman–Crippen MR) is 74.3 cm³/mol. The Kier molecular flexibility index (Phi) is 8.83. The zero-order valence-corrected chi connectivity index (χ0v) is 17.6. The van der Waals surface area contributed by atoms with Crippen LogP contribution < -0.4 is 4.72 Å². The number of halogens is 21. The fourth-order valence-corrected chi connectivity index (χ4v) is 2.92. The molecule has 0 bridgehead atoms. The molecule has 0 aromatic heterocycles. The molecule has 0 heterocycles. The van der Waals surface area contributed by atoms with Crippen LogP contribution >= 0.6 is 0 Å². The van der Waals surface area contributed by atoms with Gasteiger partial charge in [-0.2, -0.15) is 96.2 Å². The van der Waals surface area contributed by atoms with Gasteiger partial charge in [-0.1, -0.05) is 3.89 Å². The molecule has 0 fully saturated rings. The van der Waals surface area contributed by atoms with E-state index in [0.29, 0.717) is 0 Å². The largest absolute Gasteiger partial charge is 0.460 e. The molecule has 4 nitrogen and oxygen atoms in total. The molecule has 0 aromatic rings. The normalized spacial score (nSPS) is 17.9. The third kappa shape index (κ3) is 4.80. The van der Waals surface area contributed by atoms with E-state index in [0.717, 1.165) is 0 Å². The van der Waals surface area contributed by atoms with E-state index in [1.807, 2.05) is 0 Å². The molecule has 0 aliphatic carbocycles. The molecular formula is C12H6F21NO3S. The highest BCUT2D eigenvalue weighted by atomic mass is 32.3. The highest BCUT2D eigenvalue weighted by Gasteiger charge is 2.97. The Hall–Kier alpha value is -1.60. The van der Waals surface area contributed by atoms with Gasteiger partial charge in [0, 0.05) is 6.61 Å². The number of rotatable bonds is 11. The maximum absolute atomic E-state index is 14.2. The summed E-state index contributed by atoms with van der Waals surface area (Å²) >= 11 is 0. The van der Waals surface area contributed by atoms with Crippen molar-refractivity contribution in [3.63, 3.8) is 0 Å². The van der Waals surface area contributed by atoms with Gasteiger partial charge in [-0.15, -0.1) is 4.72 Å². The third-order valence-corrected chi connectivity index (χ3v) is 4.72. The summed E-state index contributed by atoms with van der Waals surface area (Å²) in [5.74, 6) is -62.6. The second-order valence-corrected chi connectivity index (χ2v) is 7.75. The van der Waals surface area contributed by atoms with E-state index < -0.39 is 81.3 Å². The van der Waals surface area contributed by atoms with Gasteiger partial charge in [0.25, 0.3) is 0 Å². The van der Waals surface area contributed by atoms with E-state index in [4.69, 9.17) is 0 Å². The molecule has 0 radical (unpaired) electrons. The molecule has 1 unspecified atom stereocenters. The van der Waals surface area contributed by atoms with Gasteiger partial charge < -0.3 is 4.74 Å². The fourth-order valence-electron chi connectivity index (χ4n) is 2.28. The van der Waals surface area contributed by atoms with Crippen LogP contribution in [0.2, 0.25) is 0 Å². The van der Waals surface area contributed by atoms with Crippen molar-refractivity contribution in [2.75, 3.05) is 6.61 Å². The predicted octanol–water partition coefficient (Wildman–Crippen LogP) is 6.09.